The highest BCUT2D eigenvalue weighted by atomic mass is 16.2. The second-order valence-electron chi connectivity index (χ2n) is 6.04. The third kappa shape index (κ3) is 5.40. The summed E-state index contributed by atoms with van der Waals surface area (Å²) in [4.78, 5) is 12.1. The van der Waals surface area contributed by atoms with Crippen LogP contribution in [0.2, 0.25) is 0 Å². The van der Waals surface area contributed by atoms with Crippen LogP contribution in [0.3, 0.4) is 0 Å². The molecule has 120 valence electrons. The first-order chi connectivity index (χ1) is 9.97. The zero-order valence-corrected chi connectivity index (χ0v) is 13.9. The van der Waals surface area contributed by atoms with E-state index in [9.17, 15) is 4.79 Å². The standard InChI is InChI=1S/C16H30N4O/c1-5-13-14(17)15(20(4)19-13)16(21)18-11-9-7-6-8-10-12(2)3/h12H,5-11,17H2,1-4H3,(H,18,21). The number of nitrogen functional groups attached to an aromatic ring is 1. The molecule has 1 heterocycles. The molecule has 0 aromatic carbocycles. The van der Waals surface area contributed by atoms with Crippen LogP contribution >= 0.6 is 0 Å². The maximum absolute atomic E-state index is 12.1. The molecular weight excluding hydrogens is 264 g/mol. The summed E-state index contributed by atoms with van der Waals surface area (Å²) >= 11 is 0. The van der Waals surface area contributed by atoms with Gasteiger partial charge in [-0.15, -0.1) is 0 Å². The molecule has 1 amide bonds. The first kappa shape index (κ1) is 17.5. The Morgan fingerprint density at radius 2 is 1.95 bits per heavy atom. The summed E-state index contributed by atoms with van der Waals surface area (Å²) in [5.74, 6) is 0.662. The number of unbranched alkanes of at least 4 members (excludes halogenated alkanes) is 3. The van der Waals surface area contributed by atoms with E-state index < -0.39 is 0 Å². The number of anilines is 1. The van der Waals surface area contributed by atoms with E-state index >= 15 is 0 Å². The zero-order valence-electron chi connectivity index (χ0n) is 13.9. The Kier molecular flexibility index (Phi) is 7.26. The van der Waals surface area contributed by atoms with Gasteiger partial charge in [0.15, 0.2) is 0 Å². The van der Waals surface area contributed by atoms with Crippen molar-refractivity contribution in [2.75, 3.05) is 12.3 Å². The molecule has 1 aromatic rings. The predicted octanol–water partition coefficient (Wildman–Crippen LogP) is 2.90. The molecule has 21 heavy (non-hydrogen) atoms. The van der Waals surface area contributed by atoms with Crippen molar-refractivity contribution in [3.63, 3.8) is 0 Å². The molecule has 0 saturated heterocycles. The summed E-state index contributed by atoms with van der Waals surface area (Å²) < 4.78 is 1.58. The van der Waals surface area contributed by atoms with Gasteiger partial charge in [0.1, 0.15) is 5.69 Å². The van der Waals surface area contributed by atoms with Crippen LogP contribution in [0.1, 0.15) is 69.1 Å². The third-order valence-corrected chi connectivity index (χ3v) is 3.70. The Morgan fingerprint density at radius 1 is 1.29 bits per heavy atom. The van der Waals surface area contributed by atoms with Gasteiger partial charge in [-0.25, -0.2) is 0 Å². The van der Waals surface area contributed by atoms with Crippen LogP contribution in [-0.2, 0) is 13.5 Å². The number of aryl methyl sites for hydroxylation is 2. The second kappa shape index (κ2) is 8.70. The monoisotopic (exact) mass is 294 g/mol. The molecule has 0 fully saturated rings. The number of hydrogen-bond acceptors (Lipinski definition) is 3. The fraction of sp³-hybridized carbons (Fsp3) is 0.750. The summed E-state index contributed by atoms with van der Waals surface area (Å²) in [5, 5.41) is 7.20. The van der Waals surface area contributed by atoms with E-state index in [1.54, 1.807) is 11.7 Å². The highest BCUT2D eigenvalue weighted by molar-refractivity contribution is 5.97. The summed E-state index contributed by atoms with van der Waals surface area (Å²) in [6.45, 7) is 7.19. The minimum atomic E-state index is -0.121. The third-order valence-electron chi connectivity index (χ3n) is 3.70. The van der Waals surface area contributed by atoms with Crippen LogP contribution in [-0.4, -0.2) is 22.2 Å². The number of aromatic nitrogens is 2. The number of amides is 1. The number of hydrogen-bond donors (Lipinski definition) is 2. The second-order valence-corrected chi connectivity index (χ2v) is 6.04. The fourth-order valence-corrected chi connectivity index (χ4v) is 2.44. The molecule has 1 rings (SSSR count). The van der Waals surface area contributed by atoms with Gasteiger partial charge in [-0.05, 0) is 18.8 Å². The van der Waals surface area contributed by atoms with Gasteiger partial charge in [0.25, 0.3) is 5.91 Å². The van der Waals surface area contributed by atoms with Crippen LogP contribution in [0.25, 0.3) is 0 Å². The normalized spacial score (nSPS) is 11.1. The van der Waals surface area contributed by atoms with E-state index in [0.29, 0.717) is 17.9 Å². The summed E-state index contributed by atoms with van der Waals surface area (Å²) in [6, 6.07) is 0. The summed E-state index contributed by atoms with van der Waals surface area (Å²) in [5.41, 5.74) is 7.75. The van der Waals surface area contributed by atoms with Gasteiger partial charge in [-0.2, -0.15) is 5.10 Å². The largest absolute Gasteiger partial charge is 0.395 e. The number of carbonyl (C=O) groups is 1. The molecule has 0 aliphatic carbocycles. The van der Waals surface area contributed by atoms with E-state index in [4.69, 9.17) is 5.73 Å². The molecule has 5 heteroatoms. The van der Waals surface area contributed by atoms with Gasteiger partial charge in [0.2, 0.25) is 0 Å². The van der Waals surface area contributed by atoms with Crippen LogP contribution in [0, 0.1) is 5.92 Å². The molecule has 0 aliphatic rings. The van der Waals surface area contributed by atoms with E-state index in [1.807, 2.05) is 6.92 Å². The number of nitrogens with one attached hydrogen (secondary N) is 1. The van der Waals surface area contributed by atoms with Crippen molar-refractivity contribution in [3.8, 4) is 0 Å². The van der Waals surface area contributed by atoms with Crippen molar-refractivity contribution in [2.45, 2.75) is 59.3 Å². The fourth-order valence-electron chi connectivity index (χ4n) is 2.44. The van der Waals surface area contributed by atoms with Crippen molar-refractivity contribution in [1.82, 2.24) is 15.1 Å². The van der Waals surface area contributed by atoms with E-state index in [1.165, 1.54) is 19.3 Å². The zero-order chi connectivity index (χ0) is 15.8. The van der Waals surface area contributed by atoms with Crippen molar-refractivity contribution < 1.29 is 4.79 Å². The molecule has 0 spiro atoms. The number of nitrogens with zero attached hydrogens (tertiary/aromatic N) is 2. The highest BCUT2D eigenvalue weighted by Gasteiger charge is 2.18. The minimum absolute atomic E-state index is 0.121. The lowest BCUT2D eigenvalue weighted by Crippen LogP contribution is -2.27. The Balaban J connectivity index is 2.30. The molecule has 3 N–H and O–H groups in total. The SMILES string of the molecule is CCc1nn(C)c(C(=O)NCCCCCCC(C)C)c1N. The Hall–Kier alpha value is -1.52. The summed E-state index contributed by atoms with van der Waals surface area (Å²) in [6.07, 6.45) is 6.72. The first-order valence-corrected chi connectivity index (χ1v) is 8.06. The van der Waals surface area contributed by atoms with E-state index in [-0.39, 0.29) is 5.91 Å². The quantitative estimate of drug-likeness (QED) is 0.688. The molecule has 0 atom stereocenters. The van der Waals surface area contributed by atoms with Crippen molar-refractivity contribution in [2.24, 2.45) is 13.0 Å². The van der Waals surface area contributed by atoms with Gasteiger partial charge in [-0.1, -0.05) is 46.5 Å². The maximum Gasteiger partial charge on any atom is 0.271 e. The molecule has 0 bridgehead atoms. The molecule has 0 aliphatic heterocycles. The van der Waals surface area contributed by atoms with Gasteiger partial charge < -0.3 is 11.1 Å². The lowest BCUT2D eigenvalue weighted by Gasteiger charge is -2.07. The van der Waals surface area contributed by atoms with Crippen molar-refractivity contribution >= 4 is 11.6 Å². The highest BCUT2D eigenvalue weighted by Crippen LogP contribution is 2.16. The number of nitrogens with two attached hydrogens (primary N) is 1. The smallest absolute Gasteiger partial charge is 0.271 e. The Morgan fingerprint density at radius 3 is 2.52 bits per heavy atom. The Labute approximate surface area is 128 Å². The molecular formula is C16H30N4O. The molecule has 5 nitrogen and oxygen atoms in total. The van der Waals surface area contributed by atoms with E-state index in [0.717, 1.165) is 30.9 Å². The van der Waals surface area contributed by atoms with Crippen LogP contribution in [0.5, 0.6) is 0 Å². The van der Waals surface area contributed by atoms with Gasteiger partial charge >= 0.3 is 0 Å². The summed E-state index contributed by atoms with van der Waals surface area (Å²) in [7, 11) is 1.76. The molecule has 0 saturated carbocycles. The van der Waals surface area contributed by atoms with Crippen molar-refractivity contribution in [1.29, 1.82) is 0 Å². The maximum atomic E-state index is 12.1. The van der Waals surface area contributed by atoms with Crippen LogP contribution in [0.4, 0.5) is 5.69 Å². The predicted molar refractivity (Wildman–Crippen MR) is 87.3 cm³/mol. The topological polar surface area (TPSA) is 72.9 Å². The van der Waals surface area contributed by atoms with Crippen molar-refractivity contribution in [3.05, 3.63) is 11.4 Å². The lowest BCUT2D eigenvalue weighted by atomic mass is 10.0. The minimum Gasteiger partial charge on any atom is -0.395 e. The molecule has 0 radical (unpaired) electrons. The lowest BCUT2D eigenvalue weighted by molar-refractivity contribution is 0.0944. The molecule has 1 aromatic heterocycles. The average Bonchev–Trinajstić information content (AvgIpc) is 2.71. The van der Waals surface area contributed by atoms with Gasteiger partial charge in [0.05, 0.1) is 11.4 Å². The van der Waals surface area contributed by atoms with Gasteiger partial charge in [-0.3, -0.25) is 9.48 Å². The molecule has 0 unspecified atom stereocenters. The first-order valence-electron chi connectivity index (χ1n) is 8.06. The average molecular weight is 294 g/mol. The number of carbonyl (C=O) groups excluding carboxylic acids is 1. The van der Waals surface area contributed by atoms with E-state index in [2.05, 4.69) is 24.3 Å². The van der Waals surface area contributed by atoms with Crippen LogP contribution < -0.4 is 11.1 Å². The van der Waals surface area contributed by atoms with Crippen LogP contribution in [0.15, 0.2) is 0 Å². The number of rotatable bonds is 9. The van der Waals surface area contributed by atoms with Gasteiger partial charge in [0, 0.05) is 13.6 Å². The Bertz CT molecular complexity index is 451.